The summed E-state index contributed by atoms with van der Waals surface area (Å²) in [5, 5.41) is 0. The summed E-state index contributed by atoms with van der Waals surface area (Å²) in [6, 6.07) is 4.90. The van der Waals surface area contributed by atoms with Crippen molar-refractivity contribution in [1.82, 2.24) is 4.90 Å². The van der Waals surface area contributed by atoms with Crippen LogP contribution in [0.15, 0.2) is 12.1 Å². The van der Waals surface area contributed by atoms with Crippen LogP contribution in [0.2, 0.25) is 0 Å². The lowest BCUT2D eigenvalue weighted by atomic mass is 9.81. The number of benzene rings is 1. The lowest BCUT2D eigenvalue weighted by Gasteiger charge is -2.43. The van der Waals surface area contributed by atoms with E-state index in [-0.39, 0.29) is 12.4 Å². The van der Waals surface area contributed by atoms with Gasteiger partial charge < -0.3 is 9.47 Å². The molecule has 1 saturated heterocycles. The number of aryl methyl sites for hydroxylation is 1. The zero-order valence-electron chi connectivity index (χ0n) is 11.8. The fourth-order valence-corrected chi connectivity index (χ4v) is 3.37. The molecule has 0 radical (unpaired) electrons. The normalized spacial score (nSPS) is 25.6. The minimum atomic E-state index is 0. The van der Waals surface area contributed by atoms with E-state index in [9.17, 15) is 0 Å². The molecule has 0 bridgehead atoms. The van der Waals surface area contributed by atoms with Crippen molar-refractivity contribution >= 4 is 12.4 Å². The minimum Gasteiger partial charge on any atom is -0.493 e. The molecule has 0 N–H and O–H groups in total. The molecule has 3 rings (SSSR count). The SMILES string of the molecule is COc1c(C)ccc2c1OC[C@@H]1[C@@H]2CCCN1C.Cl. The fraction of sp³-hybridized carbons (Fsp3) is 0.600. The first kappa shape index (κ1) is 14.5. The smallest absolute Gasteiger partial charge is 0.165 e. The van der Waals surface area contributed by atoms with E-state index in [2.05, 4.69) is 31.0 Å². The maximum absolute atomic E-state index is 6.00. The first-order valence-corrected chi connectivity index (χ1v) is 6.73. The first-order valence-electron chi connectivity index (χ1n) is 6.73. The molecule has 106 valence electrons. The number of piperidine rings is 1. The van der Waals surface area contributed by atoms with E-state index < -0.39 is 0 Å². The van der Waals surface area contributed by atoms with Crippen LogP contribution in [0.4, 0.5) is 0 Å². The van der Waals surface area contributed by atoms with Gasteiger partial charge in [-0.15, -0.1) is 12.4 Å². The second-order valence-corrected chi connectivity index (χ2v) is 5.44. The molecule has 0 aromatic heterocycles. The average molecular weight is 284 g/mol. The molecule has 2 heterocycles. The lowest BCUT2D eigenvalue weighted by molar-refractivity contribution is 0.0847. The average Bonchev–Trinajstić information content (AvgIpc) is 2.38. The van der Waals surface area contributed by atoms with Gasteiger partial charge in [-0.05, 0) is 38.9 Å². The molecule has 19 heavy (non-hydrogen) atoms. The van der Waals surface area contributed by atoms with Crippen molar-refractivity contribution in [3.8, 4) is 11.5 Å². The van der Waals surface area contributed by atoms with E-state index in [0.717, 1.165) is 23.7 Å². The molecule has 0 aliphatic carbocycles. The molecule has 2 atom stereocenters. The van der Waals surface area contributed by atoms with E-state index in [1.165, 1.54) is 24.9 Å². The number of fused-ring (bicyclic) bond motifs is 3. The van der Waals surface area contributed by atoms with E-state index in [4.69, 9.17) is 9.47 Å². The highest BCUT2D eigenvalue weighted by molar-refractivity contribution is 5.85. The Labute approximate surface area is 121 Å². The predicted octanol–water partition coefficient (Wildman–Crippen LogP) is 3.00. The Hall–Kier alpha value is -0.930. The van der Waals surface area contributed by atoms with Gasteiger partial charge in [-0.2, -0.15) is 0 Å². The number of likely N-dealkylation sites (tertiary alicyclic amines) is 1. The van der Waals surface area contributed by atoms with Gasteiger partial charge in [-0.3, -0.25) is 4.90 Å². The predicted molar refractivity (Wildman–Crippen MR) is 78.9 cm³/mol. The number of nitrogens with zero attached hydrogens (tertiary/aromatic N) is 1. The lowest BCUT2D eigenvalue weighted by Crippen LogP contribution is -2.47. The molecule has 1 aromatic rings. The van der Waals surface area contributed by atoms with Crippen molar-refractivity contribution in [3.05, 3.63) is 23.3 Å². The van der Waals surface area contributed by atoms with Crippen LogP contribution in [0, 0.1) is 6.92 Å². The van der Waals surface area contributed by atoms with Crippen LogP contribution in [-0.2, 0) is 0 Å². The Balaban J connectivity index is 0.00000133. The summed E-state index contributed by atoms with van der Waals surface area (Å²) in [4.78, 5) is 2.43. The van der Waals surface area contributed by atoms with Crippen LogP contribution >= 0.6 is 12.4 Å². The second-order valence-electron chi connectivity index (χ2n) is 5.44. The topological polar surface area (TPSA) is 21.7 Å². The Morgan fingerprint density at radius 3 is 2.89 bits per heavy atom. The molecule has 0 unspecified atom stereocenters. The maximum atomic E-state index is 6.00. The Morgan fingerprint density at radius 2 is 2.16 bits per heavy atom. The number of rotatable bonds is 1. The number of likely N-dealkylation sites (N-methyl/N-ethyl adjacent to an activating group) is 1. The third-order valence-electron chi connectivity index (χ3n) is 4.40. The van der Waals surface area contributed by atoms with Gasteiger partial charge >= 0.3 is 0 Å². The van der Waals surface area contributed by atoms with E-state index >= 15 is 0 Å². The largest absolute Gasteiger partial charge is 0.493 e. The summed E-state index contributed by atoms with van der Waals surface area (Å²) in [6.45, 7) is 4.04. The standard InChI is InChI=1S/C15H21NO2.ClH/c1-10-6-7-12-11-5-4-8-16(2)13(11)9-18-15(12)14(10)17-3;/h6-7,11,13H,4-5,8-9H2,1-3H3;1H/t11-,13-;/m1./s1. The molecule has 1 aromatic carbocycles. The van der Waals surface area contributed by atoms with Gasteiger partial charge in [0, 0.05) is 11.5 Å². The number of methoxy groups -OCH3 is 1. The van der Waals surface area contributed by atoms with Crippen molar-refractivity contribution in [2.24, 2.45) is 0 Å². The summed E-state index contributed by atoms with van der Waals surface area (Å²) in [5.74, 6) is 2.50. The number of hydrogen-bond donors (Lipinski definition) is 0. The van der Waals surface area contributed by atoms with Gasteiger partial charge in [-0.25, -0.2) is 0 Å². The third-order valence-corrected chi connectivity index (χ3v) is 4.40. The van der Waals surface area contributed by atoms with Gasteiger partial charge in [0.1, 0.15) is 6.61 Å². The highest BCUT2D eigenvalue weighted by Gasteiger charge is 2.37. The van der Waals surface area contributed by atoms with Crippen LogP contribution in [0.1, 0.15) is 29.9 Å². The molecular weight excluding hydrogens is 262 g/mol. The zero-order chi connectivity index (χ0) is 12.7. The first-order chi connectivity index (χ1) is 8.72. The van der Waals surface area contributed by atoms with E-state index in [1.54, 1.807) is 7.11 Å². The van der Waals surface area contributed by atoms with Gasteiger partial charge in [0.05, 0.1) is 13.2 Å². The summed E-state index contributed by atoms with van der Waals surface area (Å²) in [7, 11) is 3.93. The zero-order valence-corrected chi connectivity index (χ0v) is 12.6. The minimum absolute atomic E-state index is 0. The van der Waals surface area contributed by atoms with Gasteiger partial charge in [0.15, 0.2) is 11.5 Å². The molecule has 2 aliphatic heterocycles. The van der Waals surface area contributed by atoms with Crippen molar-refractivity contribution < 1.29 is 9.47 Å². The monoisotopic (exact) mass is 283 g/mol. The van der Waals surface area contributed by atoms with Crippen LogP contribution in [-0.4, -0.2) is 38.3 Å². The summed E-state index contributed by atoms with van der Waals surface area (Å²) < 4.78 is 11.5. The summed E-state index contributed by atoms with van der Waals surface area (Å²) in [5.41, 5.74) is 2.49. The molecular formula is C15H22ClNO2. The highest BCUT2D eigenvalue weighted by Crippen LogP contribution is 2.46. The molecule has 2 aliphatic rings. The molecule has 1 fully saturated rings. The van der Waals surface area contributed by atoms with E-state index in [0.29, 0.717) is 12.0 Å². The Bertz CT molecular complexity index is 464. The molecule has 4 heteroatoms. The van der Waals surface area contributed by atoms with Crippen LogP contribution in [0.3, 0.4) is 0 Å². The van der Waals surface area contributed by atoms with Crippen molar-refractivity contribution in [2.45, 2.75) is 31.7 Å². The fourth-order valence-electron chi connectivity index (χ4n) is 3.37. The van der Waals surface area contributed by atoms with Crippen molar-refractivity contribution in [1.29, 1.82) is 0 Å². The Kier molecular flexibility index (Phi) is 4.26. The van der Waals surface area contributed by atoms with Crippen molar-refractivity contribution in [3.63, 3.8) is 0 Å². The van der Waals surface area contributed by atoms with E-state index in [1.807, 2.05) is 0 Å². The van der Waals surface area contributed by atoms with Gasteiger partial charge in [-0.1, -0.05) is 12.1 Å². The maximum Gasteiger partial charge on any atom is 0.165 e. The third kappa shape index (κ3) is 2.30. The summed E-state index contributed by atoms with van der Waals surface area (Å²) >= 11 is 0. The van der Waals surface area contributed by atoms with Crippen LogP contribution in [0.5, 0.6) is 11.5 Å². The second kappa shape index (κ2) is 5.59. The Morgan fingerprint density at radius 1 is 1.37 bits per heavy atom. The quantitative estimate of drug-likeness (QED) is 0.791. The molecule has 0 spiro atoms. The van der Waals surface area contributed by atoms with Gasteiger partial charge in [0.2, 0.25) is 0 Å². The summed E-state index contributed by atoms with van der Waals surface area (Å²) in [6.07, 6.45) is 2.53. The highest BCUT2D eigenvalue weighted by atomic mass is 35.5. The van der Waals surface area contributed by atoms with Crippen LogP contribution < -0.4 is 9.47 Å². The molecule has 0 saturated carbocycles. The number of ether oxygens (including phenoxy) is 2. The van der Waals surface area contributed by atoms with Crippen molar-refractivity contribution in [2.75, 3.05) is 27.3 Å². The molecule has 3 nitrogen and oxygen atoms in total. The van der Waals surface area contributed by atoms with Crippen LogP contribution in [0.25, 0.3) is 0 Å². The number of hydrogen-bond acceptors (Lipinski definition) is 3. The van der Waals surface area contributed by atoms with Gasteiger partial charge in [0.25, 0.3) is 0 Å². The molecule has 0 amide bonds. The number of halogens is 1.